The lowest BCUT2D eigenvalue weighted by Crippen LogP contribution is -2.50. The Morgan fingerprint density at radius 2 is 1.68 bits per heavy atom. The van der Waals surface area contributed by atoms with E-state index < -0.39 is 59.8 Å². The van der Waals surface area contributed by atoms with Gasteiger partial charge in [-0.2, -0.15) is 0 Å². The molecule has 0 bridgehead atoms. The Kier molecular flexibility index (Phi) is 8.83. The number of ether oxygens (including phenoxy) is 3. The molecule has 11 nitrogen and oxygen atoms in total. The van der Waals surface area contributed by atoms with Gasteiger partial charge in [-0.15, -0.1) is 0 Å². The topological polar surface area (TPSA) is 157 Å². The molecule has 0 aliphatic carbocycles. The van der Waals surface area contributed by atoms with Gasteiger partial charge in [-0.05, 0) is 38.0 Å². The number of phenols is 1. The number of nitrogens with one attached hydrogen (secondary N) is 2. The molecule has 37 heavy (non-hydrogen) atoms. The van der Waals surface area contributed by atoms with Crippen LogP contribution in [-0.4, -0.2) is 59.7 Å². The highest BCUT2D eigenvalue weighted by Crippen LogP contribution is 2.28. The van der Waals surface area contributed by atoms with Crippen molar-refractivity contribution in [1.82, 2.24) is 5.32 Å². The molecule has 5 atom stereocenters. The molecule has 2 amide bonds. The van der Waals surface area contributed by atoms with E-state index in [1.165, 1.54) is 39.0 Å². The number of aromatic hydroxyl groups is 1. The number of carbonyl (C=O) groups is 5. The Morgan fingerprint density at radius 1 is 1.00 bits per heavy atom. The minimum Gasteiger partial charge on any atom is -0.505 e. The Balaban J connectivity index is 1.90. The van der Waals surface area contributed by atoms with Crippen LogP contribution in [0.25, 0.3) is 0 Å². The van der Waals surface area contributed by atoms with E-state index in [2.05, 4.69) is 10.6 Å². The van der Waals surface area contributed by atoms with Crippen LogP contribution in [-0.2, 0) is 39.8 Å². The summed E-state index contributed by atoms with van der Waals surface area (Å²) in [5.74, 6) is -4.73. The minimum atomic E-state index is -1.45. The van der Waals surface area contributed by atoms with Gasteiger partial charge >= 0.3 is 17.9 Å². The lowest BCUT2D eigenvalue weighted by atomic mass is 9.91. The van der Waals surface area contributed by atoms with Gasteiger partial charge in [0.1, 0.15) is 18.1 Å². The van der Waals surface area contributed by atoms with E-state index in [9.17, 15) is 29.1 Å². The predicted octanol–water partition coefficient (Wildman–Crippen LogP) is 1.73. The van der Waals surface area contributed by atoms with Crippen molar-refractivity contribution in [3.63, 3.8) is 0 Å². The van der Waals surface area contributed by atoms with Crippen LogP contribution in [0.4, 0.5) is 5.69 Å². The molecule has 1 aliphatic rings. The first-order valence-electron chi connectivity index (χ1n) is 11.6. The van der Waals surface area contributed by atoms with Gasteiger partial charge in [0, 0.05) is 6.92 Å². The third kappa shape index (κ3) is 6.63. The van der Waals surface area contributed by atoms with Crippen LogP contribution in [0, 0.1) is 5.92 Å². The molecule has 1 saturated heterocycles. The zero-order chi connectivity index (χ0) is 27.1. The standard InChI is InChI=1S/C26H28N2O9/c1-14-21(28-24(32)18-10-7-11-20(22(18)31)27-13-29)26(34)36-15(2)23(37-16(3)30)19(25(33)35-14)12-17-8-5-4-6-9-17/h4-11,13-15,19,21,23,31H,12H2,1-3H3,(H,27,29)(H,28,32)/t14-,15+,19-,21+,23+/m1/s1. The third-order valence-electron chi connectivity index (χ3n) is 5.87. The van der Waals surface area contributed by atoms with Crippen molar-refractivity contribution < 1.29 is 43.3 Å². The van der Waals surface area contributed by atoms with E-state index in [4.69, 9.17) is 14.2 Å². The van der Waals surface area contributed by atoms with Crippen LogP contribution in [0.5, 0.6) is 5.75 Å². The van der Waals surface area contributed by atoms with E-state index in [-0.39, 0.29) is 17.7 Å². The van der Waals surface area contributed by atoms with E-state index >= 15 is 0 Å². The highest BCUT2D eigenvalue weighted by atomic mass is 16.6. The average Bonchev–Trinajstić information content (AvgIpc) is 2.87. The molecule has 2 aromatic carbocycles. The number of hydrogen-bond acceptors (Lipinski definition) is 9. The summed E-state index contributed by atoms with van der Waals surface area (Å²) in [4.78, 5) is 61.9. The third-order valence-corrected chi connectivity index (χ3v) is 5.87. The first kappa shape index (κ1) is 27.2. The van der Waals surface area contributed by atoms with Crippen LogP contribution in [0.15, 0.2) is 48.5 Å². The van der Waals surface area contributed by atoms with Crippen molar-refractivity contribution in [3.8, 4) is 5.75 Å². The molecule has 0 unspecified atom stereocenters. The Morgan fingerprint density at radius 3 is 2.32 bits per heavy atom. The summed E-state index contributed by atoms with van der Waals surface area (Å²) in [6.07, 6.45) is -2.90. The molecule has 0 saturated carbocycles. The maximum atomic E-state index is 13.3. The molecule has 2 aromatic rings. The molecule has 1 fully saturated rings. The number of hydrogen-bond donors (Lipinski definition) is 3. The minimum absolute atomic E-state index is 0.0132. The van der Waals surface area contributed by atoms with Crippen LogP contribution >= 0.6 is 0 Å². The molecular formula is C26H28N2O9. The number of carbonyl (C=O) groups excluding carboxylic acids is 5. The highest BCUT2D eigenvalue weighted by molar-refractivity contribution is 6.01. The summed E-state index contributed by atoms with van der Waals surface area (Å²) in [5, 5.41) is 15.0. The van der Waals surface area contributed by atoms with Crippen molar-refractivity contribution in [2.75, 3.05) is 5.32 Å². The fourth-order valence-electron chi connectivity index (χ4n) is 4.05. The number of esters is 3. The largest absolute Gasteiger partial charge is 0.505 e. The van der Waals surface area contributed by atoms with Crippen LogP contribution in [0.2, 0.25) is 0 Å². The number of para-hydroxylation sites is 1. The molecule has 3 rings (SSSR count). The number of amides is 2. The maximum absolute atomic E-state index is 13.3. The van der Waals surface area contributed by atoms with Crippen LogP contribution < -0.4 is 10.6 Å². The molecule has 3 N–H and O–H groups in total. The van der Waals surface area contributed by atoms with Gasteiger partial charge in [0.15, 0.2) is 17.9 Å². The fourth-order valence-corrected chi connectivity index (χ4v) is 4.05. The molecule has 11 heteroatoms. The van der Waals surface area contributed by atoms with E-state index in [1.807, 2.05) is 6.07 Å². The van der Waals surface area contributed by atoms with Crippen molar-refractivity contribution in [2.45, 2.75) is 51.5 Å². The SMILES string of the molecule is CC(=O)O[C@H]1[C@H](C)OC(=O)[C@@H](NC(=O)c2cccc(NC=O)c2O)[C@@H](C)OC(=O)[C@@H]1Cc1ccccc1. The second-order valence-corrected chi connectivity index (χ2v) is 8.57. The Labute approximate surface area is 213 Å². The maximum Gasteiger partial charge on any atom is 0.332 e. The van der Waals surface area contributed by atoms with E-state index in [0.29, 0.717) is 6.41 Å². The van der Waals surface area contributed by atoms with Crippen LogP contribution in [0.1, 0.15) is 36.7 Å². The quantitative estimate of drug-likeness (QED) is 0.217. The van der Waals surface area contributed by atoms with Crippen molar-refractivity contribution >= 4 is 35.9 Å². The summed E-state index contributed by atoms with van der Waals surface area (Å²) < 4.78 is 16.5. The summed E-state index contributed by atoms with van der Waals surface area (Å²) in [7, 11) is 0. The van der Waals surface area contributed by atoms with Gasteiger partial charge in [0.25, 0.3) is 5.91 Å². The van der Waals surface area contributed by atoms with Gasteiger partial charge in [-0.3, -0.25) is 19.2 Å². The lowest BCUT2D eigenvalue weighted by molar-refractivity contribution is -0.173. The molecule has 1 aliphatic heterocycles. The van der Waals surface area contributed by atoms with Gasteiger partial charge in [0.2, 0.25) is 6.41 Å². The number of phenolic OH excluding ortho intramolecular Hbond substituents is 1. The smallest absolute Gasteiger partial charge is 0.332 e. The van der Waals surface area contributed by atoms with E-state index in [0.717, 1.165) is 5.56 Å². The average molecular weight is 513 g/mol. The normalized spacial score (nSPS) is 23.8. The second kappa shape index (κ2) is 12.0. The van der Waals surface area contributed by atoms with Crippen molar-refractivity contribution in [1.29, 1.82) is 0 Å². The van der Waals surface area contributed by atoms with Crippen LogP contribution in [0.3, 0.4) is 0 Å². The molecular weight excluding hydrogens is 484 g/mol. The second-order valence-electron chi connectivity index (χ2n) is 8.57. The molecule has 0 spiro atoms. The number of cyclic esters (lactones) is 2. The monoisotopic (exact) mass is 512 g/mol. The van der Waals surface area contributed by atoms with Gasteiger partial charge in [-0.25, -0.2) is 4.79 Å². The highest BCUT2D eigenvalue weighted by Gasteiger charge is 2.44. The summed E-state index contributed by atoms with van der Waals surface area (Å²) in [5.41, 5.74) is 0.530. The fraction of sp³-hybridized carbons (Fsp3) is 0.346. The zero-order valence-electron chi connectivity index (χ0n) is 20.5. The summed E-state index contributed by atoms with van der Waals surface area (Å²) in [6, 6.07) is 11.6. The van der Waals surface area contributed by atoms with E-state index in [1.54, 1.807) is 24.3 Å². The van der Waals surface area contributed by atoms with Crippen molar-refractivity contribution in [3.05, 3.63) is 59.7 Å². The first-order chi connectivity index (χ1) is 17.6. The number of benzene rings is 2. The Hall–Kier alpha value is -4.41. The zero-order valence-corrected chi connectivity index (χ0v) is 20.5. The van der Waals surface area contributed by atoms with Gasteiger partial charge in [0.05, 0.1) is 11.3 Å². The number of anilines is 1. The number of rotatable bonds is 7. The molecule has 1 heterocycles. The van der Waals surface area contributed by atoms with Gasteiger partial charge in [-0.1, -0.05) is 36.4 Å². The Bertz CT molecular complexity index is 1170. The summed E-state index contributed by atoms with van der Waals surface area (Å²) >= 11 is 0. The van der Waals surface area contributed by atoms with Gasteiger partial charge < -0.3 is 30.0 Å². The first-order valence-corrected chi connectivity index (χ1v) is 11.6. The summed E-state index contributed by atoms with van der Waals surface area (Å²) in [6.45, 7) is 4.06. The predicted molar refractivity (Wildman–Crippen MR) is 129 cm³/mol. The molecule has 0 radical (unpaired) electrons. The molecule has 0 aromatic heterocycles. The molecule has 196 valence electrons. The van der Waals surface area contributed by atoms with Crippen molar-refractivity contribution in [2.24, 2.45) is 5.92 Å². The lowest BCUT2D eigenvalue weighted by Gasteiger charge is -2.28.